The van der Waals surface area contributed by atoms with Gasteiger partial charge in [-0.3, -0.25) is 9.59 Å². The fraction of sp³-hybridized carbons (Fsp3) is 0.444. The Labute approximate surface area is 146 Å². The molecular weight excluding hydrogens is 318 g/mol. The Morgan fingerprint density at radius 3 is 2.80 bits per heavy atom. The van der Waals surface area contributed by atoms with E-state index in [9.17, 15) is 9.59 Å². The zero-order chi connectivity index (χ0) is 17.6. The number of hydrogen-bond donors (Lipinski definition) is 2. The standard InChI is InChI=1S/C18H23N5O2/c1-13-7-4-5-8-14(13)18(25)20-12-17(24)19-11-16-22-21-15-9-3-2-6-10-23(15)16/h4-5,7-8H,2-3,6,9-12H2,1H3,(H,19,24)(H,20,25). The van der Waals surface area contributed by atoms with Crippen LogP contribution in [-0.2, 0) is 24.3 Å². The number of hydrogen-bond acceptors (Lipinski definition) is 4. The van der Waals surface area contributed by atoms with Gasteiger partial charge in [-0.05, 0) is 31.4 Å². The van der Waals surface area contributed by atoms with Crippen molar-refractivity contribution in [3.8, 4) is 0 Å². The molecule has 0 aliphatic carbocycles. The van der Waals surface area contributed by atoms with E-state index in [0.29, 0.717) is 12.1 Å². The molecule has 1 aromatic carbocycles. The van der Waals surface area contributed by atoms with Gasteiger partial charge in [-0.15, -0.1) is 10.2 Å². The molecule has 0 radical (unpaired) electrons. The lowest BCUT2D eigenvalue weighted by atomic mass is 10.1. The molecule has 1 aliphatic rings. The van der Waals surface area contributed by atoms with Crippen molar-refractivity contribution in [3.63, 3.8) is 0 Å². The molecule has 132 valence electrons. The van der Waals surface area contributed by atoms with Gasteiger partial charge in [0.15, 0.2) is 5.82 Å². The maximum atomic E-state index is 12.1. The van der Waals surface area contributed by atoms with Gasteiger partial charge in [0.2, 0.25) is 5.91 Å². The van der Waals surface area contributed by atoms with Crippen molar-refractivity contribution in [2.24, 2.45) is 0 Å². The molecule has 1 aromatic heterocycles. The Kier molecular flexibility index (Phi) is 5.42. The predicted molar refractivity (Wildman–Crippen MR) is 92.9 cm³/mol. The number of nitrogens with zero attached hydrogens (tertiary/aromatic N) is 3. The van der Waals surface area contributed by atoms with Gasteiger partial charge < -0.3 is 15.2 Å². The van der Waals surface area contributed by atoms with Crippen molar-refractivity contribution in [3.05, 3.63) is 47.0 Å². The van der Waals surface area contributed by atoms with Crippen LogP contribution < -0.4 is 10.6 Å². The molecule has 0 bridgehead atoms. The molecule has 0 saturated heterocycles. The second kappa shape index (κ2) is 7.92. The molecule has 1 aliphatic heterocycles. The van der Waals surface area contributed by atoms with Gasteiger partial charge in [-0.25, -0.2) is 0 Å². The Hall–Kier alpha value is -2.70. The van der Waals surface area contributed by atoms with Crippen LogP contribution in [0.2, 0.25) is 0 Å². The summed E-state index contributed by atoms with van der Waals surface area (Å²) in [5.41, 5.74) is 1.46. The Morgan fingerprint density at radius 2 is 1.96 bits per heavy atom. The minimum absolute atomic E-state index is 0.0613. The van der Waals surface area contributed by atoms with Gasteiger partial charge in [0.05, 0.1) is 13.1 Å². The fourth-order valence-electron chi connectivity index (χ4n) is 3.00. The second-order valence-electron chi connectivity index (χ2n) is 6.27. The van der Waals surface area contributed by atoms with Crippen LogP contribution in [0, 0.1) is 6.92 Å². The highest BCUT2D eigenvalue weighted by atomic mass is 16.2. The molecule has 0 fully saturated rings. The summed E-state index contributed by atoms with van der Waals surface area (Å²) >= 11 is 0. The van der Waals surface area contributed by atoms with E-state index in [1.54, 1.807) is 12.1 Å². The SMILES string of the molecule is Cc1ccccc1C(=O)NCC(=O)NCc1nnc2n1CCCCC2. The first-order valence-corrected chi connectivity index (χ1v) is 8.66. The monoisotopic (exact) mass is 341 g/mol. The first-order valence-electron chi connectivity index (χ1n) is 8.66. The number of aryl methyl sites for hydroxylation is 2. The Bertz CT molecular complexity index is 769. The molecule has 2 heterocycles. The van der Waals surface area contributed by atoms with Gasteiger partial charge in [-0.1, -0.05) is 24.6 Å². The molecule has 2 aromatic rings. The van der Waals surface area contributed by atoms with Gasteiger partial charge in [-0.2, -0.15) is 0 Å². The molecule has 3 rings (SSSR count). The van der Waals surface area contributed by atoms with E-state index in [4.69, 9.17) is 0 Å². The van der Waals surface area contributed by atoms with Crippen molar-refractivity contribution in [2.45, 2.75) is 45.7 Å². The Morgan fingerprint density at radius 1 is 1.12 bits per heavy atom. The summed E-state index contributed by atoms with van der Waals surface area (Å²) < 4.78 is 2.10. The maximum Gasteiger partial charge on any atom is 0.251 e. The lowest BCUT2D eigenvalue weighted by Gasteiger charge is -2.09. The minimum Gasteiger partial charge on any atom is -0.347 e. The van der Waals surface area contributed by atoms with E-state index in [1.165, 1.54) is 6.42 Å². The highest BCUT2D eigenvalue weighted by molar-refractivity contribution is 5.97. The topological polar surface area (TPSA) is 88.9 Å². The summed E-state index contributed by atoms with van der Waals surface area (Å²) in [7, 11) is 0. The van der Waals surface area contributed by atoms with Crippen LogP contribution in [0.4, 0.5) is 0 Å². The molecule has 2 amide bonds. The van der Waals surface area contributed by atoms with Gasteiger partial charge in [0.1, 0.15) is 5.82 Å². The summed E-state index contributed by atoms with van der Waals surface area (Å²) in [5, 5.41) is 13.8. The predicted octanol–water partition coefficient (Wildman–Crippen LogP) is 1.36. The zero-order valence-corrected chi connectivity index (χ0v) is 14.4. The number of rotatable bonds is 5. The van der Waals surface area contributed by atoms with Crippen LogP contribution in [0.1, 0.15) is 46.8 Å². The van der Waals surface area contributed by atoms with Crippen molar-refractivity contribution in [1.82, 2.24) is 25.4 Å². The van der Waals surface area contributed by atoms with E-state index >= 15 is 0 Å². The number of nitrogens with one attached hydrogen (secondary N) is 2. The van der Waals surface area contributed by atoms with Crippen LogP contribution in [0.25, 0.3) is 0 Å². The minimum atomic E-state index is -0.246. The normalized spacial score (nSPS) is 13.6. The summed E-state index contributed by atoms with van der Waals surface area (Å²) in [6.07, 6.45) is 4.38. The third-order valence-corrected chi connectivity index (χ3v) is 4.43. The molecular formula is C18H23N5O2. The molecule has 0 saturated carbocycles. The number of carbonyl (C=O) groups is 2. The molecule has 25 heavy (non-hydrogen) atoms. The number of aromatic nitrogens is 3. The third-order valence-electron chi connectivity index (χ3n) is 4.43. The van der Waals surface area contributed by atoms with Crippen LogP contribution >= 0.6 is 0 Å². The molecule has 0 spiro atoms. The van der Waals surface area contributed by atoms with Crippen LogP contribution in [0.5, 0.6) is 0 Å². The third kappa shape index (κ3) is 4.23. The molecule has 2 N–H and O–H groups in total. The van der Waals surface area contributed by atoms with Gasteiger partial charge in [0, 0.05) is 18.5 Å². The quantitative estimate of drug-likeness (QED) is 0.859. The van der Waals surface area contributed by atoms with E-state index < -0.39 is 0 Å². The zero-order valence-electron chi connectivity index (χ0n) is 14.4. The summed E-state index contributed by atoms with van der Waals surface area (Å²) in [4.78, 5) is 24.1. The second-order valence-corrected chi connectivity index (χ2v) is 6.27. The number of carbonyl (C=O) groups excluding carboxylic acids is 2. The van der Waals surface area contributed by atoms with E-state index in [1.807, 2.05) is 19.1 Å². The van der Waals surface area contributed by atoms with Crippen LogP contribution in [-0.4, -0.2) is 33.1 Å². The molecule has 7 heteroatoms. The van der Waals surface area contributed by atoms with Crippen molar-refractivity contribution >= 4 is 11.8 Å². The molecule has 7 nitrogen and oxygen atoms in total. The highest BCUT2D eigenvalue weighted by Crippen LogP contribution is 2.14. The van der Waals surface area contributed by atoms with E-state index in [-0.39, 0.29) is 18.4 Å². The van der Waals surface area contributed by atoms with E-state index in [2.05, 4.69) is 25.4 Å². The fourth-order valence-corrected chi connectivity index (χ4v) is 3.00. The van der Waals surface area contributed by atoms with Crippen molar-refractivity contribution in [2.75, 3.05) is 6.54 Å². The maximum absolute atomic E-state index is 12.1. The lowest BCUT2D eigenvalue weighted by Crippen LogP contribution is -2.37. The summed E-state index contributed by atoms with van der Waals surface area (Å²) in [6.45, 7) is 3.03. The van der Waals surface area contributed by atoms with Crippen molar-refractivity contribution < 1.29 is 9.59 Å². The smallest absolute Gasteiger partial charge is 0.251 e. The molecule has 0 atom stereocenters. The first kappa shape index (κ1) is 17.1. The largest absolute Gasteiger partial charge is 0.347 e. The van der Waals surface area contributed by atoms with E-state index in [0.717, 1.165) is 43.0 Å². The molecule has 0 unspecified atom stereocenters. The van der Waals surface area contributed by atoms with Crippen molar-refractivity contribution in [1.29, 1.82) is 0 Å². The van der Waals surface area contributed by atoms with Gasteiger partial charge >= 0.3 is 0 Å². The van der Waals surface area contributed by atoms with Crippen LogP contribution in [0.3, 0.4) is 0 Å². The number of amides is 2. The Balaban J connectivity index is 1.50. The average Bonchev–Trinajstić information content (AvgIpc) is 2.84. The average molecular weight is 341 g/mol. The lowest BCUT2D eigenvalue weighted by molar-refractivity contribution is -0.120. The summed E-state index contributed by atoms with van der Waals surface area (Å²) in [5.74, 6) is 1.28. The number of benzene rings is 1. The first-order chi connectivity index (χ1) is 12.1. The highest BCUT2D eigenvalue weighted by Gasteiger charge is 2.15. The van der Waals surface area contributed by atoms with Crippen LogP contribution in [0.15, 0.2) is 24.3 Å². The number of fused-ring (bicyclic) bond motifs is 1. The van der Waals surface area contributed by atoms with Gasteiger partial charge in [0.25, 0.3) is 5.91 Å². The summed E-state index contributed by atoms with van der Waals surface area (Å²) in [6, 6.07) is 7.29.